The van der Waals surface area contributed by atoms with Crippen molar-refractivity contribution in [3.8, 4) is 11.5 Å². The van der Waals surface area contributed by atoms with Crippen LogP contribution < -0.4 is 14.8 Å². The highest BCUT2D eigenvalue weighted by molar-refractivity contribution is 6.05. The SMILES string of the molecule is COc1ccc(NC(=O)C2c3ccccc3C(=O)N(C)C2c2c[nH]c3ccccc23)c(OC)c1. The lowest BCUT2D eigenvalue weighted by Crippen LogP contribution is -2.44. The summed E-state index contributed by atoms with van der Waals surface area (Å²) < 4.78 is 10.7. The quantitative estimate of drug-likeness (QED) is 0.456. The van der Waals surface area contributed by atoms with Gasteiger partial charge in [-0.1, -0.05) is 36.4 Å². The first-order chi connectivity index (χ1) is 16.5. The number of carbonyl (C=O) groups is 2. The first kappa shape index (κ1) is 21.6. The normalized spacial score (nSPS) is 17.4. The van der Waals surface area contributed by atoms with Crippen molar-refractivity contribution in [2.24, 2.45) is 0 Å². The Hall–Kier alpha value is -4.26. The fraction of sp³-hybridized carbons (Fsp3) is 0.185. The lowest BCUT2D eigenvalue weighted by molar-refractivity contribution is -0.119. The molecular formula is C27H25N3O4. The molecule has 34 heavy (non-hydrogen) atoms. The van der Waals surface area contributed by atoms with E-state index in [0.29, 0.717) is 28.3 Å². The maximum atomic E-state index is 13.9. The summed E-state index contributed by atoms with van der Waals surface area (Å²) in [6.07, 6.45) is 1.89. The van der Waals surface area contributed by atoms with Crippen molar-refractivity contribution >= 4 is 28.4 Å². The minimum atomic E-state index is -0.634. The largest absolute Gasteiger partial charge is 0.497 e. The number of benzene rings is 3. The van der Waals surface area contributed by atoms with Crippen LogP contribution in [0.2, 0.25) is 0 Å². The van der Waals surface area contributed by atoms with Crippen molar-refractivity contribution in [2.45, 2.75) is 12.0 Å². The summed E-state index contributed by atoms with van der Waals surface area (Å²) in [7, 11) is 4.87. The molecule has 4 aromatic rings. The Morgan fingerprint density at radius 2 is 1.74 bits per heavy atom. The molecule has 0 fully saturated rings. The monoisotopic (exact) mass is 455 g/mol. The third-order valence-electron chi connectivity index (χ3n) is 6.47. The van der Waals surface area contributed by atoms with Crippen LogP contribution in [0.4, 0.5) is 5.69 Å². The molecule has 3 aromatic carbocycles. The number of anilines is 1. The van der Waals surface area contributed by atoms with E-state index in [-0.39, 0.29) is 11.8 Å². The van der Waals surface area contributed by atoms with E-state index < -0.39 is 12.0 Å². The van der Waals surface area contributed by atoms with E-state index in [4.69, 9.17) is 9.47 Å². The molecule has 172 valence electrons. The van der Waals surface area contributed by atoms with Gasteiger partial charge in [0.05, 0.1) is 31.9 Å². The number of carbonyl (C=O) groups excluding carboxylic acids is 2. The van der Waals surface area contributed by atoms with Crippen molar-refractivity contribution in [3.63, 3.8) is 0 Å². The number of H-pyrrole nitrogens is 1. The van der Waals surface area contributed by atoms with Crippen LogP contribution in [0.5, 0.6) is 11.5 Å². The molecule has 2 amide bonds. The number of hydrogen-bond acceptors (Lipinski definition) is 4. The molecule has 2 N–H and O–H groups in total. The third-order valence-corrected chi connectivity index (χ3v) is 6.47. The molecule has 1 aliphatic heterocycles. The summed E-state index contributed by atoms with van der Waals surface area (Å²) in [5.74, 6) is 0.136. The van der Waals surface area contributed by atoms with Gasteiger partial charge in [-0.15, -0.1) is 0 Å². The third kappa shape index (κ3) is 3.46. The van der Waals surface area contributed by atoms with Crippen molar-refractivity contribution in [1.82, 2.24) is 9.88 Å². The summed E-state index contributed by atoms with van der Waals surface area (Å²) >= 11 is 0. The lowest BCUT2D eigenvalue weighted by Gasteiger charge is -2.39. The van der Waals surface area contributed by atoms with Gasteiger partial charge < -0.3 is 24.7 Å². The number of likely N-dealkylation sites (N-methyl/N-ethyl adjacent to an activating group) is 1. The first-order valence-corrected chi connectivity index (χ1v) is 11.0. The number of hydrogen-bond donors (Lipinski definition) is 2. The summed E-state index contributed by atoms with van der Waals surface area (Å²) in [5.41, 5.74) is 3.60. The molecule has 0 radical (unpaired) electrons. The van der Waals surface area contributed by atoms with Crippen LogP contribution in [0.25, 0.3) is 10.9 Å². The van der Waals surface area contributed by atoms with Crippen molar-refractivity contribution in [1.29, 1.82) is 0 Å². The van der Waals surface area contributed by atoms with E-state index >= 15 is 0 Å². The van der Waals surface area contributed by atoms with Gasteiger partial charge in [-0.2, -0.15) is 0 Å². The highest BCUT2D eigenvalue weighted by Crippen LogP contribution is 2.45. The Morgan fingerprint density at radius 3 is 2.53 bits per heavy atom. The minimum Gasteiger partial charge on any atom is -0.497 e. The van der Waals surface area contributed by atoms with Gasteiger partial charge >= 0.3 is 0 Å². The van der Waals surface area contributed by atoms with Crippen LogP contribution in [0.15, 0.2) is 72.9 Å². The molecule has 7 nitrogen and oxygen atoms in total. The van der Waals surface area contributed by atoms with E-state index in [2.05, 4.69) is 10.3 Å². The second kappa shape index (κ2) is 8.59. The Bertz CT molecular complexity index is 1390. The number of methoxy groups -OCH3 is 2. The van der Waals surface area contributed by atoms with Gasteiger partial charge in [-0.25, -0.2) is 0 Å². The zero-order valence-corrected chi connectivity index (χ0v) is 19.2. The van der Waals surface area contributed by atoms with Crippen molar-refractivity contribution < 1.29 is 19.1 Å². The smallest absolute Gasteiger partial charge is 0.254 e. The molecule has 0 saturated heterocycles. The lowest BCUT2D eigenvalue weighted by atomic mass is 9.79. The second-order valence-electron chi connectivity index (χ2n) is 8.27. The Kier molecular flexibility index (Phi) is 5.45. The van der Waals surface area contributed by atoms with Crippen LogP contribution >= 0.6 is 0 Å². The second-order valence-corrected chi connectivity index (χ2v) is 8.27. The molecule has 0 spiro atoms. The molecule has 1 aromatic heterocycles. The zero-order valence-electron chi connectivity index (χ0n) is 19.2. The van der Waals surface area contributed by atoms with Crippen LogP contribution in [-0.4, -0.2) is 43.0 Å². The molecule has 2 heterocycles. The number of nitrogens with zero attached hydrogens (tertiary/aromatic N) is 1. The number of para-hydroxylation sites is 1. The first-order valence-electron chi connectivity index (χ1n) is 11.0. The molecular weight excluding hydrogens is 430 g/mol. The minimum absolute atomic E-state index is 0.114. The topological polar surface area (TPSA) is 83.7 Å². The number of aromatic amines is 1. The summed E-state index contributed by atoms with van der Waals surface area (Å²) in [5, 5.41) is 4.01. The van der Waals surface area contributed by atoms with Gasteiger partial charge in [-0.05, 0) is 29.8 Å². The van der Waals surface area contributed by atoms with Crippen LogP contribution in [0.3, 0.4) is 0 Å². The summed E-state index contributed by atoms with van der Waals surface area (Å²) in [6.45, 7) is 0. The fourth-order valence-corrected chi connectivity index (χ4v) is 4.80. The predicted molar refractivity (Wildman–Crippen MR) is 130 cm³/mol. The average Bonchev–Trinajstić information content (AvgIpc) is 3.30. The van der Waals surface area contributed by atoms with Crippen molar-refractivity contribution in [2.75, 3.05) is 26.6 Å². The highest BCUT2D eigenvalue weighted by atomic mass is 16.5. The van der Waals surface area contributed by atoms with E-state index in [1.165, 1.54) is 0 Å². The number of fused-ring (bicyclic) bond motifs is 2. The number of aromatic nitrogens is 1. The van der Waals surface area contributed by atoms with Gasteiger partial charge in [0.15, 0.2) is 0 Å². The van der Waals surface area contributed by atoms with Crippen LogP contribution in [0, 0.1) is 0 Å². The zero-order chi connectivity index (χ0) is 23.8. The standard InChI is InChI=1S/C27H25N3O4/c1-30-25(20-15-28-21-11-7-6-8-17(20)21)24(18-9-4-5-10-19(18)27(30)32)26(31)29-22-13-12-16(33-2)14-23(22)34-3/h4-15,24-25,28H,1-3H3,(H,29,31). The van der Waals surface area contributed by atoms with Crippen LogP contribution in [0.1, 0.15) is 33.4 Å². The van der Waals surface area contributed by atoms with Crippen LogP contribution in [-0.2, 0) is 4.79 Å². The number of rotatable bonds is 5. The van der Waals surface area contributed by atoms with E-state index in [1.807, 2.05) is 48.7 Å². The molecule has 0 bridgehead atoms. The Labute approximate surface area is 197 Å². The maximum Gasteiger partial charge on any atom is 0.254 e. The van der Waals surface area contributed by atoms with Gasteiger partial charge in [0.1, 0.15) is 11.5 Å². The molecule has 0 saturated carbocycles. The molecule has 0 aliphatic carbocycles. The average molecular weight is 456 g/mol. The summed E-state index contributed by atoms with van der Waals surface area (Å²) in [6, 6.07) is 19.9. The van der Waals surface area contributed by atoms with Crippen molar-refractivity contribution in [3.05, 3.63) is 89.6 Å². The summed E-state index contributed by atoms with van der Waals surface area (Å²) in [4.78, 5) is 32.1. The van der Waals surface area contributed by atoms with E-state index in [1.54, 1.807) is 50.4 Å². The van der Waals surface area contributed by atoms with E-state index in [9.17, 15) is 9.59 Å². The number of nitrogens with one attached hydrogen (secondary N) is 2. The van der Waals surface area contributed by atoms with Gasteiger partial charge in [0.2, 0.25) is 5.91 Å². The number of ether oxygens (including phenoxy) is 2. The Morgan fingerprint density at radius 1 is 0.971 bits per heavy atom. The molecule has 7 heteroatoms. The molecule has 5 rings (SSSR count). The number of amides is 2. The van der Waals surface area contributed by atoms with Gasteiger partial charge in [-0.3, -0.25) is 9.59 Å². The molecule has 2 unspecified atom stereocenters. The predicted octanol–water partition coefficient (Wildman–Crippen LogP) is 4.73. The fourth-order valence-electron chi connectivity index (χ4n) is 4.80. The van der Waals surface area contributed by atoms with Gasteiger partial charge in [0, 0.05) is 41.3 Å². The maximum absolute atomic E-state index is 13.9. The molecule has 2 atom stereocenters. The van der Waals surface area contributed by atoms with E-state index in [0.717, 1.165) is 16.5 Å². The molecule has 1 aliphatic rings. The highest BCUT2D eigenvalue weighted by Gasteiger charge is 2.43. The Balaban J connectivity index is 1.63. The van der Waals surface area contributed by atoms with Gasteiger partial charge in [0.25, 0.3) is 5.91 Å².